The molecule has 1 saturated heterocycles. The highest BCUT2D eigenvalue weighted by Gasteiger charge is 2.42. The fraction of sp³-hybridized carbons (Fsp3) is 0.700. The van der Waals surface area contributed by atoms with E-state index >= 15 is 0 Å². The van der Waals surface area contributed by atoms with Gasteiger partial charge in [-0.25, -0.2) is 0 Å². The molecule has 1 aliphatic heterocycles. The molecule has 0 bridgehead atoms. The van der Waals surface area contributed by atoms with E-state index in [1.54, 1.807) is 0 Å². The molecule has 2 amide bonds. The molecule has 4 atom stereocenters. The van der Waals surface area contributed by atoms with E-state index in [9.17, 15) is 9.59 Å². The molecule has 25 heavy (non-hydrogen) atoms. The van der Waals surface area contributed by atoms with Crippen LogP contribution in [0, 0.1) is 17.8 Å². The number of carbonyl (C=O) groups is 2. The minimum Gasteiger partial charge on any atom is -0.466 e. The number of hydrogen-bond donors (Lipinski definition) is 0. The Morgan fingerprint density at radius 1 is 1.04 bits per heavy atom. The van der Waals surface area contributed by atoms with Gasteiger partial charge in [0.1, 0.15) is 11.5 Å². The lowest BCUT2D eigenvalue weighted by Gasteiger charge is -2.35. The Morgan fingerprint density at radius 3 is 2.28 bits per heavy atom. The number of piperazine rings is 1. The summed E-state index contributed by atoms with van der Waals surface area (Å²) >= 11 is 0. The molecule has 3 fully saturated rings. The Balaban J connectivity index is 1.21. The predicted octanol–water partition coefficient (Wildman–Crippen LogP) is 2.66. The van der Waals surface area contributed by atoms with Gasteiger partial charge < -0.3 is 14.2 Å². The minimum absolute atomic E-state index is 0.171. The average molecular weight is 344 g/mol. The van der Waals surface area contributed by atoms with Gasteiger partial charge in [-0.2, -0.15) is 0 Å². The summed E-state index contributed by atoms with van der Waals surface area (Å²) in [4.78, 5) is 28.5. The van der Waals surface area contributed by atoms with Gasteiger partial charge in [-0.15, -0.1) is 0 Å². The highest BCUT2D eigenvalue weighted by molar-refractivity contribution is 5.82. The molecule has 2 heterocycles. The summed E-state index contributed by atoms with van der Waals surface area (Å²) in [6.45, 7) is 7.05. The quantitative estimate of drug-likeness (QED) is 0.825. The summed E-state index contributed by atoms with van der Waals surface area (Å²) < 4.78 is 5.88. The van der Waals surface area contributed by atoms with Crippen molar-refractivity contribution in [1.29, 1.82) is 0 Å². The van der Waals surface area contributed by atoms with Crippen molar-refractivity contribution in [2.45, 2.75) is 45.4 Å². The fourth-order valence-electron chi connectivity index (χ4n) is 3.91. The van der Waals surface area contributed by atoms with Gasteiger partial charge in [-0.05, 0) is 36.8 Å². The SMILES string of the molecule is CC1CC1C(=O)N1CCN(C(=O)CCc2ccc(C3CC3C)o2)CC1. The molecule has 5 nitrogen and oxygen atoms in total. The molecular formula is C20H28N2O3. The van der Waals surface area contributed by atoms with Crippen molar-refractivity contribution in [3.8, 4) is 0 Å². The summed E-state index contributed by atoms with van der Waals surface area (Å²) in [5.41, 5.74) is 0. The van der Waals surface area contributed by atoms with Gasteiger partial charge in [-0.1, -0.05) is 13.8 Å². The molecule has 3 aliphatic rings. The van der Waals surface area contributed by atoms with Crippen LogP contribution in [0.5, 0.6) is 0 Å². The van der Waals surface area contributed by atoms with Gasteiger partial charge >= 0.3 is 0 Å². The summed E-state index contributed by atoms with van der Waals surface area (Å²) in [6.07, 6.45) is 3.40. The Morgan fingerprint density at radius 2 is 1.68 bits per heavy atom. The van der Waals surface area contributed by atoms with Crippen molar-refractivity contribution in [3.05, 3.63) is 23.7 Å². The van der Waals surface area contributed by atoms with E-state index in [-0.39, 0.29) is 17.7 Å². The maximum Gasteiger partial charge on any atom is 0.226 e. The fourth-order valence-corrected chi connectivity index (χ4v) is 3.91. The summed E-state index contributed by atoms with van der Waals surface area (Å²) in [5.74, 6) is 4.56. The van der Waals surface area contributed by atoms with Crippen LogP contribution in [0.4, 0.5) is 0 Å². The molecular weight excluding hydrogens is 316 g/mol. The maximum atomic E-state index is 12.4. The van der Waals surface area contributed by atoms with Crippen molar-refractivity contribution in [2.75, 3.05) is 26.2 Å². The van der Waals surface area contributed by atoms with Crippen molar-refractivity contribution < 1.29 is 14.0 Å². The van der Waals surface area contributed by atoms with Gasteiger partial charge in [0, 0.05) is 50.9 Å². The Bertz CT molecular complexity index is 660. The number of rotatable bonds is 5. The van der Waals surface area contributed by atoms with Gasteiger partial charge in [0.25, 0.3) is 0 Å². The third-order valence-corrected chi connectivity index (χ3v) is 6.11. The summed E-state index contributed by atoms with van der Waals surface area (Å²) in [7, 11) is 0. The molecule has 136 valence electrons. The highest BCUT2D eigenvalue weighted by atomic mass is 16.3. The highest BCUT2D eigenvalue weighted by Crippen LogP contribution is 2.47. The summed E-state index contributed by atoms with van der Waals surface area (Å²) in [6, 6.07) is 4.08. The third kappa shape index (κ3) is 3.60. The average Bonchev–Trinajstić information content (AvgIpc) is 3.48. The zero-order chi connectivity index (χ0) is 17.6. The number of nitrogens with zero attached hydrogens (tertiary/aromatic N) is 2. The van der Waals surface area contributed by atoms with E-state index in [4.69, 9.17) is 4.42 Å². The van der Waals surface area contributed by atoms with Crippen LogP contribution in [0.2, 0.25) is 0 Å². The minimum atomic E-state index is 0.171. The van der Waals surface area contributed by atoms with Gasteiger partial charge in [0.05, 0.1) is 0 Å². The number of hydrogen-bond acceptors (Lipinski definition) is 3. The van der Waals surface area contributed by atoms with Crippen molar-refractivity contribution >= 4 is 11.8 Å². The zero-order valence-electron chi connectivity index (χ0n) is 15.2. The van der Waals surface area contributed by atoms with Crippen molar-refractivity contribution in [1.82, 2.24) is 9.80 Å². The lowest BCUT2D eigenvalue weighted by atomic mass is 10.2. The van der Waals surface area contributed by atoms with Crippen LogP contribution in [0.15, 0.2) is 16.5 Å². The van der Waals surface area contributed by atoms with Crippen LogP contribution in [0.3, 0.4) is 0 Å². The second-order valence-corrected chi connectivity index (χ2v) is 8.15. The molecule has 1 aromatic heterocycles. The first kappa shape index (κ1) is 16.7. The molecule has 4 rings (SSSR count). The largest absolute Gasteiger partial charge is 0.466 e. The summed E-state index contributed by atoms with van der Waals surface area (Å²) in [5, 5.41) is 0. The van der Waals surface area contributed by atoms with Crippen LogP contribution in [-0.4, -0.2) is 47.8 Å². The normalized spacial score (nSPS) is 31.1. The topological polar surface area (TPSA) is 53.8 Å². The molecule has 0 aromatic carbocycles. The number of aryl methyl sites for hydroxylation is 1. The Kier molecular flexibility index (Phi) is 4.34. The predicted molar refractivity (Wildman–Crippen MR) is 94.0 cm³/mol. The van der Waals surface area contributed by atoms with E-state index < -0.39 is 0 Å². The third-order valence-electron chi connectivity index (χ3n) is 6.11. The van der Waals surface area contributed by atoms with Crippen LogP contribution >= 0.6 is 0 Å². The Labute approximate surface area is 149 Å². The van der Waals surface area contributed by atoms with Crippen LogP contribution < -0.4 is 0 Å². The van der Waals surface area contributed by atoms with Gasteiger partial charge in [0.2, 0.25) is 11.8 Å². The molecule has 4 unspecified atom stereocenters. The van der Waals surface area contributed by atoms with Gasteiger partial charge in [-0.3, -0.25) is 9.59 Å². The number of amides is 2. The van der Waals surface area contributed by atoms with E-state index in [1.807, 2.05) is 15.9 Å². The van der Waals surface area contributed by atoms with Crippen LogP contribution in [0.25, 0.3) is 0 Å². The van der Waals surface area contributed by atoms with E-state index in [0.29, 0.717) is 50.9 Å². The molecule has 0 spiro atoms. The standard InChI is InChI=1S/C20H28N2O3/c1-13-11-16(13)18-5-3-15(25-18)4-6-19(23)21-7-9-22(10-8-21)20(24)17-12-14(17)2/h3,5,13-14,16-17H,4,6-12H2,1-2H3. The lowest BCUT2D eigenvalue weighted by Crippen LogP contribution is -2.51. The lowest BCUT2D eigenvalue weighted by molar-refractivity contribution is -0.140. The molecule has 2 aliphatic carbocycles. The monoisotopic (exact) mass is 344 g/mol. The first-order valence-corrected chi connectivity index (χ1v) is 9.68. The van der Waals surface area contributed by atoms with Crippen LogP contribution in [-0.2, 0) is 16.0 Å². The second kappa shape index (κ2) is 6.50. The molecule has 0 N–H and O–H groups in total. The van der Waals surface area contributed by atoms with E-state index in [1.165, 1.54) is 6.42 Å². The van der Waals surface area contributed by atoms with Gasteiger partial charge in [0.15, 0.2) is 0 Å². The zero-order valence-corrected chi connectivity index (χ0v) is 15.2. The first-order chi connectivity index (χ1) is 12.0. The van der Waals surface area contributed by atoms with Crippen LogP contribution in [0.1, 0.15) is 50.5 Å². The molecule has 2 saturated carbocycles. The molecule has 5 heteroatoms. The molecule has 0 radical (unpaired) electrons. The number of furan rings is 1. The smallest absolute Gasteiger partial charge is 0.226 e. The van der Waals surface area contributed by atoms with Crippen molar-refractivity contribution in [2.24, 2.45) is 17.8 Å². The van der Waals surface area contributed by atoms with Crippen molar-refractivity contribution in [3.63, 3.8) is 0 Å². The molecule has 1 aromatic rings. The van der Waals surface area contributed by atoms with E-state index in [0.717, 1.165) is 23.9 Å². The Hall–Kier alpha value is -1.78. The first-order valence-electron chi connectivity index (χ1n) is 9.68. The number of carbonyl (C=O) groups excluding carboxylic acids is 2. The van der Waals surface area contributed by atoms with E-state index in [2.05, 4.69) is 19.9 Å². The second-order valence-electron chi connectivity index (χ2n) is 8.15. The maximum absolute atomic E-state index is 12.4.